The van der Waals surface area contributed by atoms with Gasteiger partial charge in [0.15, 0.2) is 0 Å². The van der Waals surface area contributed by atoms with E-state index in [1.54, 1.807) is 18.2 Å². The Labute approximate surface area is 222 Å². The van der Waals surface area contributed by atoms with Crippen LogP contribution >= 0.6 is 11.3 Å². The second kappa shape index (κ2) is 10.4. The van der Waals surface area contributed by atoms with Crippen molar-refractivity contribution in [3.63, 3.8) is 0 Å². The summed E-state index contributed by atoms with van der Waals surface area (Å²) in [6.07, 6.45) is 0.821. The number of halogens is 1. The third kappa shape index (κ3) is 6.26. The molecule has 0 fully saturated rings. The number of hydrogen-bond donors (Lipinski definition) is 1. The highest BCUT2D eigenvalue weighted by Crippen LogP contribution is 2.44. The van der Waals surface area contributed by atoms with E-state index in [4.69, 9.17) is 14.9 Å². The van der Waals surface area contributed by atoms with E-state index in [1.165, 1.54) is 29.5 Å². The molecule has 37 heavy (non-hydrogen) atoms. The Hall–Kier alpha value is -3.07. The molecule has 3 aromatic carbocycles. The van der Waals surface area contributed by atoms with E-state index in [0.717, 1.165) is 28.0 Å². The first kappa shape index (κ1) is 27.0. The van der Waals surface area contributed by atoms with Crippen molar-refractivity contribution in [2.45, 2.75) is 45.9 Å². The Morgan fingerprint density at radius 3 is 2.32 bits per heavy atom. The van der Waals surface area contributed by atoms with Crippen molar-refractivity contribution in [1.82, 2.24) is 4.98 Å². The first-order valence-electron chi connectivity index (χ1n) is 12.0. The Morgan fingerprint density at radius 2 is 1.68 bits per heavy atom. The second-order valence-corrected chi connectivity index (χ2v) is 12.9. The maximum atomic E-state index is 14.8. The van der Waals surface area contributed by atoms with Crippen molar-refractivity contribution in [3.05, 3.63) is 77.6 Å². The summed E-state index contributed by atoms with van der Waals surface area (Å²) < 4.78 is 45.4. The fraction of sp³-hybridized carbons (Fsp3) is 0.276. The van der Waals surface area contributed by atoms with Gasteiger partial charge in [0.1, 0.15) is 16.6 Å². The van der Waals surface area contributed by atoms with Crippen LogP contribution in [-0.2, 0) is 10.0 Å². The van der Waals surface area contributed by atoms with Crippen molar-refractivity contribution in [2.24, 2.45) is 10.6 Å². The van der Waals surface area contributed by atoms with Crippen LogP contribution in [0.4, 0.5) is 4.39 Å². The van der Waals surface area contributed by atoms with Gasteiger partial charge in [0.25, 0.3) is 0 Å². The number of sulfonamides is 1. The molecule has 0 amide bonds. The molecule has 0 aliphatic carbocycles. The highest BCUT2D eigenvalue weighted by molar-refractivity contribution is 7.89. The van der Waals surface area contributed by atoms with E-state index in [-0.39, 0.29) is 10.3 Å². The van der Waals surface area contributed by atoms with Crippen molar-refractivity contribution in [1.29, 1.82) is 0 Å². The van der Waals surface area contributed by atoms with Crippen molar-refractivity contribution < 1.29 is 17.5 Å². The van der Waals surface area contributed by atoms with Gasteiger partial charge in [-0.2, -0.15) is 0 Å². The van der Waals surface area contributed by atoms with E-state index in [2.05, 4.69) is 20.8 Å². The fourth-order valence-corrected chi connectivity index (χ4v) is 6.03. The number of rotatable bonds is 7. The third-order valence-electron chi connectivity index (χ3n) is 6.02. The lowest BCUT2D eigenvalue weighted by Crippen LogP contribution is -2.13. The van der Waals surface area contributed by atoms with E-state index < -0.39 is 15.8 Å². The summed E-state index contributed by atoms with van der Waals surface area (Å²) in [7, 11) is -3.98. The number of nitrogens with zero attached hydrogens (tertiary/aromatic N) is 1. The molecule has 1 heterocycles. The minimum atomic E-state index is -3.98. The first-order valence-corrected chi connectivity index (χ1v) is 14.3. The topological polar surface area (TPSA) is 82.3 Å². The normalized spacial score (nSPS) is 12.1. The number of ether oxygens (including phenoxy) is 1. The minimum absolute atomic E-state index is 0.00574. The molecule has 4 aromatic rings. The van der Waals surface area contributed by atoms with Crippen LogP contribution in [0.3, 0.4) is 0 Å². The van der Waals surface area contributed by atoms with Gasteiger partial charge in [-0.3, -0.25) is 0 Å². The summed E-state index contributed by atoms with van der Waals surface area (Å²) in [5.74, 6) is 0.0159. The molecule has 5 nitrogen and oxygen atoms in total. The minimum Gasteiger partial charge on any atom is -0.493 e. The Bertz CT molecular complexity index is 1530. The van der Waals surface area contributed by atoms with Crippen LogP contribution in [0.2, 0.25) is 0 Å². The zero-order chi connectivity index (χ0) is 27.0. The van der Waals surface area contributed by atoms with Crippen LogP contribution in [0.15, 0.2) is 65.6 Å². The Morgan fingerprint density at radius 1 is 1.00 bits per heavy atom. The highest BCUT2D eigenvalue weighted by atomic mass is 32.2. The van der Waals surface area contributed by atoms with E-state index in [0.29, 0.717) is 34.2 Å². The maximum absolute atomic E-state index is 14.8. The molecule has 0 unspecified atom stereocenters. The lowest BCUT2D eigenvalue weighted by Gasteiger charge is -2.18. The van der Waals surface area contributed by atoms with Gasteiger partial charge in [-0.15, -0.1) is 11.3 Å². The lowest BCUT2D eigenvalue weighted by atomic mass is 9.93. The molecular formula is C29H31FN2O3S2. The van der Waals surface area contributed by atoms with Gasteiger partial charge in [-0.25, -0.2) is 22.9 Å². The highest BCUT2D eigenvalue weighted by Gasteiger charge is 2.23. The smallest absolute Gasteiger partial charge is 0.238 e. The van der Waals surface area contributed by atoms with Gasteiger partial charge < -0.3 is 4.74 Å². The Balaban J connectivity index is 1.91. The molecule has 194 valence electrons. The number of aromatic nitrogens is 1. The first-order chi connectivity index (χ1) is 17.3. The van der Waals surface area contributed by atoms with Crippen molar-refractivity contribution >= 4 is 21.4 Å². The largest absolute Gasteiger partial charge is 0.493 e. The van der Waals surface area contributed by atoms with Gasteiger partial charge in [-0.05, 0) is 55.0 Å². The number of benzene rings is 3. The van der Waals surface area contributed by atoms with Gasteiger partial charge in [0, 0.05) is 22.8 Å². The maximum Gasteiger partial charge on any atom is 0.238 e. The average molecular weight is 539 g/mol. The molecule has 0 aliphatic rings. The fourth-order valence-electron chi connectivity index (χ4n) is 4.13. The molecule has 0 radical (unpaired) electrons. The zero-order valence-electron chi connectivity index (χ0n) is 21.6. The summed E-state index contributed by atoms with van der Waals surface area (Å²) in [5, 5.41) is 5.99. The van der Waals surface area contributed by atoms with Gasteiger partial charge >= 0.3 is 0 Å². The summed E-state index contributed by atoms with van der Waals surface area (Å²) in [6, 6.07) is 17.1. The summed E-state index contributed by atoms with van der Waals surface area (Å²) >= 11 is 1.30. The van der Waals surface area contributed by atoms with E-state index >= 15 is 0 Å². The van der Waals surface area contributed by atoms with Crippen molar-refractivity contribution in [3.8, 4) is 38.0 Å². The van der Waals surface area contributed by atoms with Gasteiger partial charge in [-0.1, -0.05) is 57.2 Å². The molecule has 0 bridgehead atoms. The van der Waals surface area contributed by atoms with Gasteiger partial charge in [0.05, 0.1) is 22.1 Å². The molecule has 4 rings (SSSR count). The zero-order valence-corrected chi connectivity index (χ0v) is 23.3. The molecule has 0 saturated carbocycles. The van der Waals surface area contributed by atoms with Crippen LogP contribution < -0.4 is 9.88 Å². The number of aryl methyl sites for hydroxylation is 2. The van der Waals surface area contributed by atoms with E-state index in [1.807, 2.05) is 38.1 Å². The quantitative estimate of drug-likeness (QED) is 0.266. The molecule has 8 heteroatoms. The number of hydrogen-bond acceptors (Lipinski definition) is 5. The monoisotopic (exact) mass is 538 g/mol. The third-order valence-corrected chi connectivity index (χ3v) is 8.13. The molecule has 0 saturated heterocycles. The number of thiazole rings is 1. The molecule has 0 atom stereocenters. The SMILES string of the molecule is Cc1cccc(C)c1-c1nc(-c2ccccc2S(N)(=O)=O)sc1-c1cc(F)cc(OCCC(C)(C)C)c1. The van der Waals surface area contributed by atoms with Crippen LogP contribution in [-0.4, -0.2) is 20.0 Å². The van der Waals surface area contributed by atoms with Crippen molar-refractivity contribution in [2.75, 3.05) is 6.61 Å². The Kier molecular flexibility index (Phi) is 7.55. The predicted molar refractivity (Wildman–Crippen MR) is 149 cm³/mol. The number of primary sulfonamides is 1. The van der Waals surface area contributed by atoms with Crippen LogP contribution in [0, 0.1) is 25.1 Å². The van der Waals surface area contributed by atoms with Crippen LogP contribution in [0.25, 0.3) is 32.3 Å². The van der Waals surface area contributed by atoms with Crippen LogP contribution in [0.5, 0.6) is 5.75 Å². The summed E-state index contributed by atoms with van der Waals surface area (Å²) in [5.41, 5.74) is 4.71. The summed E-state index contributed by atoms with van der Waals surface area (Å²) in [4.78, 5) is 5.63. The average Bonchev–Trinajstić information content (AvgIpc) is 3.22. The molecule has 2 N–H and O–H groups in total. The molecule has 0 aliphatic heterocycles. The molecule has 1 aromatic heterocycles. The summed E-state index contributed by atoms with van der Waals surface area (Å²) in [6.45, 7) is 10.8. The number of nitrogens with two attached hydrogens (primary N) is 1. The standard InChI is InChI=1S/C29H31FN2O3S2/c1-18-9-8-10-19(2)25(18)26-27(20-15-21(30)17-22(16-20)35-14-13-29(3,4)5)36-28(32-26)23-11-6-7-12-24(23)37(31,33)34/h6-12,15-17H,13-14H2,1-5H3,(H2,31,33,34). The predicted octanol–water partition coefficient (Wildman–Crippen LogP) is 7.36. The van der Waals surface area contributed by atoms with Gasteiger partial charge in [0.2, 0.25) is 10.0 Å². The molecular weight excluding hydrogens is 507 g/mol. The molecule has 0 spiro atoms. The second-order valence-electron chi connectivity index (χ2n) is 10.3. The van der Waals surface area contributed by atoms with E-state index in [9.17, 15) is 12.8 Å². The van der Waals surface area contributed by atoms with Crippen LogP contribution in [0.1, 0.15) is 38.3 Å². The lowest BCUT2D eigenvalue weighted by molar-refractivity contribution is 0.242.